The molecule has 0 aliphatic carbocycles. The van der Waals surface area contributed by atoms with Crippen LogP contribution in [0.1, 0.15) is 58.4 Å². The van der Waals surface area contributed by atoms with E-state index in [1.165, 1.54) is 10.5 Å². The molecule has 2 atom stereocenters. The largest absolute Gasteiger partial charge is 0.489 e. The third-order valence-electron chi connectivity index (χ3n) is 8.46. The monoisotopic (exact) mass is 564 g/mol. The lowest BCUT2D eigenvalue weighted by molar-refractivity contribution is -0.136. The molecule has 0 radical (unpaired) electrons. The lowest BCUT2D eigenvalue weighted by Gasteiger charge is -2.38. The number of nitriles is 1. The van der Waals surface area contributed by atoms with Gasteiger partial charge in [-0.3, -0.25) is 24.6 Å². The van der Waals surface area contributed by atoms with Crippen LogP contribution in [0.25, 0.3) is 0 Å². The molecule has 42 heavy (non-hydrogen) atoms. The summed E-state index contributed by atoms with van der Waals surface area (Å²) >= 11 is 0. The summed E-state index contributed by atoms with van der Waals surface area (Å²) < 4.78 is 6.17. The van der Waals surface area contributed by atoms with Gasteiger partial charge in [0.25, 0.3) is 5.91 Å². The molecule has 1 aromatic heterocycles. The second kappa shape index (κ2) is 11.6. The topological polar surface area (TPSA) is 119 Å². The van der Waals surface area contributed by atoms with Crippen molar-refractivity contribution in [1.82, 2.24) is 20.1 Å². The molecule has 0 saturated carbocycles. The molecule has 2 saturated heterocycles. The van der Waals surface area contributed by atoms with E-state index in [0.29, 0.717) is 29.9 Å². The Balaban J connectivity index is 1.04. The number of rotatable bonds is 7. The summed E-state index contributed by atoms with van der Waals surface area (Å²) in [5.74, 6) is 0.599. The number of anilines is 1. The van der Waals surface area contributed by atoms with E-state index in [4.69, 9.17) is 10.00 Å². The Labute approximate surface area is 244 Å². The van der Waals surface area contributed by atoms with Crippen molar-refractivity contribution in [3.8, 4) is 11.8 Å². The molecule has 214 valence electrons. The molecule has 2 aromatic carbocycles. The Morgan fingerprint density at radius 1 is 1.05 bits per heavy atom. The van der Waals surface area contributed by atoms with Gasteiger partial charge in [-0.1, -0.05) is 30.3 Å². The predicted molar refractivity (Wildman–Crippen MR) is 154 cm³/mol. The first-order valence-corrected chi connectivity index (χ1v) is 14.2. The van der Waals surface area contributed by atoms with Crippen LogP contribution in [0.15, 0.2) is 60.8 Å². The third kappa shape index (κ3) is 5.43. The summed E-state index contributed by atoms with van der Waals surface area (Å²) in [6.07, 6.45) is 2.17. The molecule has 2 fully saturated rings. The van der Waals surface area contributed by atoms with Crippen LogP contribution in [0.2, 0.25) is 0 Å². The highest BCUT2D eigenvalue weighted by molar-refractivity contribution is 6.05. The second-order valence-corrected chi connectivity index (χ2v) is 10.9. The van der Waals surface area contributed by atoms with Gasteiger partial charge in [0.05, 0.1) is 12.1 Å². The number of pyridine rings is 1. The van der Waals surface area contributed by atoms with Crippen molar-refractivity contribution in [2.45, 2.75) is 45.0 Å². The third-order valence-corrected chi connectivity index (χ3v) is 8.46. The van der Waals surface area contributed by atoms with Gasteiger partial charge in [0.1, 0.15) is 30.3 Å². The molecule has 0 spiro atoms. The average Bonchev–Trinajstić information content (AvgIpc) is 3.36. The minimum Gasteiger partial charge on any atom is -0.489 e. The molecular formula is C32H32N6O4. The fourth-order valence-corrected chi connectivity index (χ4v) is 5.93. The van der Waals surface area contributed by atoms with Crippen LogP contribution in [-0.4, -0.2) is 64.7 Å². The molecule has 3 amide bonds. The quantitative estimate of drug-likeness (QED) is 0.435. The number of fused-ring (bicyclic) bond motifs is 1. The summed E-state index contributed by atoms with van der Waals surface area (Å²) in [7, 11) is 0. The highest BCUT2D eigenvalue weighted by atomic mass is 16.5. The van der Waals surface area contributed by atoms with Crippen molar-refractivity contribution in [1.29, 1.82) is 5.26 Å². The van der Waals surface area contributed by atoms with Crippen LogP contribution >= 0.6 is 0 Å². The molecule has 4 heterocycles. The number of piperazine rings is 1. The lowest BCUT2D eigenvalue weighted by atomic mass is 10.0. The number of benzene rings is 2. The Bertz CT molecular complexity index is 1540. The normalized spacial score (nSPS) is 19.7. The van der Waals surface area contributed by atoms with Crippen LogP contribution in [-0.2, 0) is 22.7 Å². The van der Waals surface area contributed by atoms with E-state index in [2.05, 4.69) is 57.4 Å². The van der Waals surface area contributed by atoms with Gasteiger partial charge in [-0.15, -0.1) is 0 Å². The van der Waals surface area contributed by atoms with Crippen LogP contribution in [0.3, 0.4) is 0 Å². The molecule has 10 nitrogen and oxygen atoms in total. The Hall–Kier alpha value is -4.75. The maximum Gasteiger partial charge on any atom is 0.255 e. The van der Waals surface area contributed by atoms with Crippen molar-refractivity contribution < 1.29 is 19.1 Å². The summed E-state index contributed by atoms with van der Waals surface area (Å²) in [5, 5.41) is 11.3. The van der Waals surface area contributed by atoms with Crippen LogP contribution in [0, 0.1) is 11.3 Å². The molecule has 3 aromatic rings. The Kier molecular flexibility index (Phi) is 7.59. The first kappa shape index (κ1) is 27.4. The fourth-order valence-electron chi connectivity index (χ4n) is 5.93. The van der Waals surface area contributed by atoms with Crippen molar-refractivity contribution in [2.75, 3.05) is 31.1 Å². The van der Waals surface area contributed by atoms with E-state index >= 15 is 0 Å². The molecule has 6 rings (SSSR count). The van der Waals surface area contributed by atoms with E-state index in [-0.39, 0.29) is 30.8 Å². The van der Waals surface area contributed by atoms with Crippen molar-refractivity contribution in [3.63, 3.8) is 0 Å². The van der Waals surface area contributed by atoms with Gasteiger partial charge in [0.15, 0.2) is 0 Å². The number of nitrogens with zero attached hydrogens (tertiary/aromatic N) is 5. The van der Waals surface area contributed by atoms with Gasteiger partial charge in [-0.05, 0) is 48.7 Å². The molecule has 3 aliphatic heterocycles. The molecule has 0 unspecified atom stereocenters. The Morgan fingerprint density at radius 3 is 2.52 bits per heavy atom. The summed E-state index contributed by atoms with van der Waals surface area (Å²) in [6, 6.07) is 19.3. The van der Waals surface area contributed by atoms with Gasteiger partial charge >= 0.3 is 0 Å². The van der Waals surface area contributed by atoms with Crippen LogP contribution < -0.4 is 15.0 Å². The van der Waals surface area contributed by atoms with Crippen molar-refractivity contribution in [2.24, 2.45) is 0 Å². The van der Waals surface area contributed by atoms with E-state index in [1.54, 1.807) is 18.3 Å². The zero-order valence-corrected chi connectivity index (χ0v) is 23.5. The maximum absolute atomic E-state index is 13.1. The summed E-state index contributed by atoms with van der Waals surface area (Å²) in [6.45, 7) is 6.44. The predicted octanol–water partition coefficient (Wildman–Crippen LogP) is 3.18. The SMILES string of the molecule is C[C@H](c1ccc(COc2cccc3c2CN([C@H]2CCC(=O)NC2=O)C3=O)cc1)N1CCN(c2ccc(C#N)cn2)CC1. The van der Waals surface area contributed by atoms with Gasteiger partial charge in [0.2, 0.25) is 11.8 Å². The number of hydrogen-bond acceptors (Lipinski definition) is 8. The highest BCUT2D eigenvalue weighted by Crippen LogP contribution is 2.34. The van der Waals surface area contributed by atoms with Gasteiger partial charge < -0.3 is 14.5 Å². The second-order valence-electron chi connectivity index (χ2n) is 10.9. The van der Waals surface area contributed by atoms with Crippen LogP contribution in [0.5, 0.6) is 5.75 Å². The number of imide groups is 1. The first-order chi connectivity index (χ1) is 20.4. The molecular weight excluding hydrogens is 532 g/mol. The van der Waals surface area contributed by atoms with Crippen molar-refractivity contribution in [3.05, 3.63) is 88.6 Å². The number of ether oxygens (including phenoxy) is 1. The van der Waals surface area contributed by atoms with E-state index < -0.39 is 11.9 Å². The number of hydrogen-bond donors (Lipinski definition) is 1. The minimum atomic E-state index is -0.652. The number of aromatic nitrogens is 1. The minimum absolute atomic E-state index is 0.211. The number of carbonyl (C=O) groups excluding carboxylic acids is 3. The number of piperidine rings is 1. The smallest absolute Gasteiger partial charge is 0.255 e. The van der Waals surface area contributed by atoms with E-state index in [1.807, 2.05) is 18.2 Å². The number of nitrogens with one attached hydrogen (secondary N) is 1. The fraction of sp³-hybridized carbons (Fsp3) is 0.344. The maximum atomic E-state index is 13.1. The zero-order chi connectivity index (χ0) is 29.2. The molecule has 0 bridgehead atoms. The molecule has 10 heteroatoms. The highest BCUT2D eigenvalue weighted by Gasteiger charge is 2.40. The summed E-state index contributed by atoms with van der Waals surface area (Å²) in [4.78, 5) is 47.7. The van der Waals surface area contributed by atoms with Gasteiger partial charge in [-0.2, -0.15) is 5.26 Å². The Morgan fingerprint density at radius 2 is 1.83 bits per heavy atom. The van der Waals surface area contributed by atoms with E-state index in [0.717, 1.165) is 43.1 Å². The molecule has 1 N–H and O–H groups in total. The number of carbonyl (C=O) groups is 3. The standard InChI is InChI=1S/C32H32N6O4/c1-21(36-13-15-37(16-14-36)29-11-7-23(17-33)18-34-29)24-8-5-22(6-9-24)20-42-28-4-2-3-25-26(28)19-38(32(25)41)27-10-12-30(39)35-31(27)40/h2-9,11,18,21,27H,10,12-16,19-20H2,1H3,(H,35,39,40)/t21-,27+/m1/s1. The van der Waals surface area contributed by atoms with Gasteiger partial charge in [0, 0.05) is 56.0 Å². The lowest BCUT2D eigenvalue weighted by Crippen LogP contribution is -2.52. The summed E-state index contributed by atoms with van der Waals surface area (Å²) in [5.41, 5.74) is 4.13. The first-order valence-electron chi connectivity index (χ1n) is 14.2. The average molecular weight is 565 g/mol. The zero-order valence-electron chi connectivity index (χ0n) is 23.5. The van der Waals surface area contributed by atoms with E-state index in [9.17, 15) is 14.4 Å². The van der Waals surface area contributed by atoms with Gasteiger partial charge in [-0.25, -0.2) is 4.98 Å². The van der Waals surface area contributed by atoms with Crippen molar-refractivity contribution >= 4 is 23.5 Å². The van der Waals surface area contributed by atoms with Crippen LogP contribution in [0.4, 0.5) is 5.82 Å². The number of amides is 3. The molecule has 3 aliphatic rings.